The summed E-state index contributed by atoms with van der Waals surface area (Å²) in [5.41, 5.74) is 0. The number of nitrogens with one attached hydrogen (secondary N) is 1. The molecule has 0 unspecified atom stereocenters. The van der Waals surface area contributed by atoms with Crippen molar-refractivity contribution in [1.82, 2.24) is 10.3 Å². The molecule has 0 aliphatic rings. The smallest absolute Gasteiger partial charge is 0.372 e. The zero-order valence-electron chi connectivity index (χ0n) is 9.51. The Morgan fingerprint density at radius 1 is 1.47 bits per heavy atom. The maximum atomic E-state index is 11.8. The first kappa shape index (κ1) is 14.4. The molecule has 0 radical (unpaired) electrons. The van der Waals surface area contributed by atoms with Gasteiger partial charge in [-0.2, -0.15) is 13.2 Å². The van der Waals surface area contributed by atoms with Gasteiger partial charge in [0, 0.05) is 24.0 Å². The van der Waals surface area contributed by atoms with E-state index in [1.165, 1.54) is 11.3 Å². The highest BCUT2D eigenvalue weighted by Gasteiger charge is 2.27. The summed E-state index contributed by atoms with van der Waals surface area (Å²) < 4.78 is 39.9. The van der Waals surface area contributed by atoms with Crippen LogP contribution in [0.3, 0.4) is 0 Å². The Morgan fingerprint density at radius 3 is 2.88 bits per heavy atom. The zero-order valence-corrected chi connectivity index (χ0v) is 10.3. The van der Waals surface area contributed by atoms with Crippen LogP contribution in [0.5, 0.6) is 0 Å². The zero-order chi connectivity index (χ0) is 12.7. The number of thiazole rings is 1. The summed E-state index contributed by atoms with van der Waals surface area (Å²) in [5, 5.41) is 3.96. The van der Waals surface area contributed by atoms with Crippen molar-refractivity contribution in [3.05, 3.63) is 16.1 Å². The molecule has 0 aliphatic heterocycles. The minimum Gasteiger partial charge on any atom is -0.372 e. The lowest BCUT2D eigenvalue weighted by Gasteiger charge is -2.06. The summed E-state index contributed by atoms with van der Waals surface area (Å²) in [7, 11) is 0. The Kier molecular flexibility index (Phi) is 5.87. The first-order valence-corrected chi connectivity index (χ1v) is 6.11. The third-order valence-electron chi connectivity index (χ3n) is 1.88. The molecule has 1 N–H and O–H groups in total. The van der Waals surface area contributed by atoms with Gasteiger partial charge in [-0.1, -0.05) is 6.92 Å². The standard InChI is InChI=1S/C10H15F3N2OS/c1-2-14-5-8-6-15-9(17-8)3-4-16-7-10(11,12)13/h6,14H,2-5,7H2,1H3. The molecule has 7 heteroatoms. The van der Waals surface area contributed by atoms with E-state index in [1.54, 1.807) is 6.20 Å². The molecule has 0 fully saturated rings. The molecule has 0 aromatic carbocycles. The maximum Gasteiger partial charge on any atom is 0.411 e. The van der Waals surface area contributed by atoms with Gasteiger partial charge in [0.2, 0.25) is 0 Å². The van der Waals surface area contributed by atoms with Crippen molar-refractivity contribution in [3.63, 3.8) is 0 Å². The predicted molar refractivity (Wildman–Crippen MR) is 60.1 cm³/mol. The normalized spacial score (nSPS) is 12.0. The fraction of sp³-hybridized carbons (Fsp3) is 0.700. The summed E-state index contributed by atoms with van der Waals surface area (Å²) in [4.78, 5) is 5.20. The summed E-state index contributed by atoms with van der Waals surface area (Å²) in [5.74, 6) is 0. The highest BCUT2D eigenvalue weighted by molar-refractivity contribution is 7.11. The van der Waals surface area contributed by atoms with E-state index in [0.29, 0.717) is 6.42 Å². The van der Waals surface area contributed by atoms with Crippen molar-refractivity contribution in [2.75, 3.05) is 19.8 Å². The van der Waals surface area contributed by atoms with Gasteiger partial charge in [-0.05, 0) is 6.54 Å². The van der Waals surface area contributed by atoms with Gasteiger partial charge in [-0.15, -0.1) is 11.3 Å². The van der Waals surface area contributed by atoms with E-state index in [9.17, 15) is 13.2 Å². The van der Waals surface area contributed by atoms with Gasteiger partial charge in [-0.25, -0.2) is 4.98 Å². The van der Waals surface area contributed by atoms with E-state index in [1.807, 2.05) is 6.92 Å². The largest absolute Gasteiger partial charge is 0.411 e. The predicted octanol–water partition coefficient (Wildman–Crippen LogP) is 2.37. The van der Waals surface area contributed by atoms with Gasteiger partial charge in [-0.3, -0.25) is 0 Å². The molecule has 1 aromatic heterocycles. The molecule has 0 amide bonds. The Morgan fingerprint density at radius 2 is 2.24 bits per heavy atom. The molecule has 98 valence electrons. The van der Waals surface area contributed by atoms with Gasteiger partial charge in [0.25, 0.3) is 0 Å². The fourth-order valence-electron chi connectivity index (χ4n) is 1.14. The summed E-state index contributed by atoms with van der Waals surface area (Å²) >= 11 is 1.50. The first-order valence-electron chi connectivity index (χ1n) is 5.30. The van der Waals surface area contributed by atoms with Crippen LogP contribution in [0.2, 0.25) is 0 Å². The van der Waals surface area contributed by atoms with E-state index in [-0.39, 0.29) is 6.61 Å². The molecule has 0 aliphatic carbocycles. The topological polar surface area (TPSA) is 34.2 Å². The van der Waals surface area contributed by atoms with Gasteiger partial charge in [0.1, 0.15) is 6.61 Å². The number of aromatic nitrogens is 1. The second-order valence-electron chi connectivity index (χ2n) is 3.42. The lowest BCUT2D eigenvalue weighted by Crippen LogP contribution is -2.17. The molecule has 0 saturated heterocycles. The van der Waals surface area contributed by atoms with Gasteiger partial charge >= 0.3 is 6.18 Å². The Bertz CT molecular complexity index is 328. The molecule has 0 spiro atoms. The van der Waals surface area contributed by atoms with Crippen LogP contribution in [0, 0.1) is 0 Å². The lowest BCUT2D eigenvalue weighted by molar-refractivity contribution is -0.173. The number of alkyl halides is 3. The molecule has 0 saturated carbocycles. The molecule has 1 aromatic rings. The van der Waals surface area contributed by atoms with Crippen molar-refractivity contribution in [2.45, 2.75) is 26.1 Å². The number of nitrogens with zero attached hydrogens (tertiary/aromatic N) is 1. The van der Waals surface area contributed by atoms with E-state index in [2.05, 4.69) is 15.0 Å². The summed E-state index contributed by atoms with van der Waals surface area (Å²) in [6, 6.07) is 0. The second kappa shape index (κ2) is 6.93. The SMILES string of the molecule is CCNCc1cnc(CCOCC(F)(F)F)s1. The Labute approximate surface area is 102 Å². The van der Waals surface area contributed by atoms with Gasteiger partial charge < -0.3 is 10.1 Å². The van der Waals surface area contributed by atoms with Crippen molar-refractivity contribution < 1.29 is 17.9 Å². The van der Waals surface area contributed by atoms with Crippen LogP contribution in [0.1, 0.15) is 16.8 Å². The van der Waals surface area contributed by atoms with Crippen LogP contribution < -0.4 is 5.32 Å². The van der Waals surface area contributed by atoms with Crippen LogP contribution >= 0.6 is 11.3 Å². The molecule has 17 heavy (non-hydrogen) atoms. The molecule has 1 heterocycles. The Balaban J connectivity index is 2.21. The Hall–Kier alpha value is -0.660. The van der Waals surface area contributed by atoms with E-state index >= 15 is 0 Å². The minimum absolute atomic E-state index is 0.0493. The quantitative estimate of drug-likeness (QED) is 0.771. The average Bonchev–Trinajstić information content (AvgIpc) is 2.68. The number of halogens is 3. The van der Waals surface area contributed by atoms with Crippen molar-refractivity contribution >= 4 is 11.3 Å². The molecule has 3 nitrogen and oxygen atoms in total. The highest BCUT2D eigenvalue weighted by Crippen LogP contribution is 2.16. The van der Waals surface area contributed by atoms with E-state index < -0.39 is 12.8 Å². The fourth-order valence-corrected chi connectivity index (χ4v) is 2.01. The van der Waals surface area contributed by atoms with Crippen LogP contribution in [-0.4, -0.2) is 30.9 Å². The second-order valence-corrected chi connectivity index (χ2v) is 4.62. The van der Waals surface area contributed by atoms with Gasteiger partial charge in [0.05, 0.1) is 11.6 Å². The molecular weight excluding hydrogens is 253 g/mol. The maximum absolute atomic E-state index is 11.8. The molecular formula is C10H15F3N2OS. The van der Waals surface area contributed by atoms with Crippen LogP contribution in [-0.2, 0) is 17.7 Å². The molecule has 0 bridgehead atoms. The van der Waals surface area contributed by atoms with Gasteiger partial charge in [0.15, 0.2) is 0 Å². The highest BCUT2D eigenvalue weighted by atomic mass is 32.1. The van der Waals surface area contributed by atoms with Crippen LogP contribution in [0.25, 0.3) is 0 Å². The molecule has 0 atom stereocenters. The van der Waals surface area contributed by atoms with Crippen molar-refractivity contribution in [2.24, 2.45) is 0 Å². The monoisotopic (exact) mass is 268 g/mol. The summed E-state index contributed by atoms with van der Waals surface area (Å²) in [6.45, 7) is 2.49. The number of hydrogen-bond donors (Lipinski definition) is 1. The number of ether oxygens (including phenoxy) is 1. The lowest BCUT2D eigenvalue weighted by atomic mass is 10.5. The van der Waals surface area contributed by atoms with Crippen molar-refractivity contribution in [1.29, 1.82) is 0 Å². The number of rotatable bonds is 7. The van der Waals surface area contributed by atoms with Crippen LogP contribution in [0.15, 0.2) is 6.20 Å². The summed E-state index contributed by atoms with van der Waals surface area (Å²) in [6.07, 6.45) is -2.08. The van der Waals surface area contributed by atoms with E-state index in [4.69, 9.17) is 0 Å². The molecule has 1 rings (SSSR count). The minimum atomic E-state index is -4.25. The third kappa shape index (κ3) is 6.60. The third-order valence-corrected chi connectivity index (χ3v) is 2.93. The average molecular weight is 268 g/mol. The van der Waals surface area contributed by atoms with E-state index in [0.717, 1.165) is 23.0 Å². The first-order chi connectivity index (χ1) is 8.01. The van der Waals surface area contributed by atoms with Crippen molar-refractivity contribution in [3.8, 4) is 0 Å². The number of hydrogen-bond acceptors (Lipinski definition) is 4. The van der Waals surface area contributed by atoms with Crippen LogP contribution in [0.4, 0.5) is 13.2 Å².